The Bertz CT molecular complexity index is 788. The molecular formula is C25H42N2O6. The predicted molar refractivity (Wildman–Crippen MR) is 123 cm³/mol. The van der Waals surface area contributed by atoms with E-state index in [9.17, 15) is 19.5 Å². The van der Waals surface area contributed by atoms with E-state index in [2.05, 4.69) is 26.1 Å². The fraction of sp³-hybridized carbons (Fsp3) is 0.880. The first-order valence-electron chi connectivity index (χ1n) is 12.3. The molecule has 0 saturated carbocycles. The third kappa shape index (κ3) is 4.53. The molecule has 6 atom stereocenters. The van der Waals surface area contributed by atoms with Gasteiger partial charge in [-0.3, -0.25) is 14.4 Å². The molecule has 0 aromatic heterocycles. The highest BCUT2D eigenvalue weighted by atomic mass is 16.6. The third-order valence-electron chi connectivity index (χ3n) is 7.29. The molecule has 33 heavy (non-hydrogen) atoms. The van der Waals surface area contributed by atoms with Gasteiger partial charge in [-0.1, -0.05) is 34.6 Å². The molecule has 3 heterocycles. The van der Waals surface area contributed by atoms with E-state index in [1.165, 1.54) is 4.90 Å². The summed E-state index contributed by atoms with van der Waals surface area (Å²) in [5, 5.41) is 13.4. The molecule has 0 unspecified atom stereocenters. The first-order valence-corrected chi connectivity index (χ1v) is 12.3. The summed E-state index contributed by atoms with van der Waals surface area (Å²) in [6.45, 7) is 15.8. The first kappa shape index (κ1) is 25.9. The number of aliphatic hydroxyl groups excluding tert-OH is 1. The second-order valence-electron chi connectivity index (χ2n) is 12.2. The van der Waals surface area contributed by atoms with Crippen LogP contribution in [0.5, 0.6) is 0 Å². The number of rotatable bonds is 8. The molecular weight excluding hydrogens is 424 g/mol. The molecule has 3 aliphatic heterocycles. The zero-order valence-corrected chi connectivity index (χ0v) is 21.4. The molecule has 3 aliphatic rings. The van der Waals surface area contributed by atoms with Crippen molar-refractivity contribution in [2.24, 2.45) is 23.2 Å². The number of aliphatic hydroxyl groups is 1. The molecule has 1 spiro atoms. The summed E-state index contributed by atoms with van der Waals surface area (Å²) in [7, 11) is 0. The van der Waals surface area contributed by atoms with Gasteiger partial charge in [0.2, 0.25) is 11.8 Å². The van der Waals surface area contributed by atoms with Crippen LogP contribution >= 0.6 is 0 Å². The topological polar surface area (TPSA) is 105 Å². The van der Waals surface area contributed by atoms with Crippen molar-refractivity contribution in [2.75, 3.05) is 13.2 Å². The van der Waals surface area contributed by atoms with Gasteiger partial charge in [-0.2, -0.15) is 0 Å². The van der Waals surface area contributed by atoms with E-state index < -0.39 is 47.1 Å². The van der Waals surface area contributed by atoms with Gasteiger partial charge in [0, 0.05) is 5.54 Å². The molecule has 8 heteroatoms. The SMILES string of the molecule is CCOC(=O)[C@@H]1[C@H]2C(=O)N([C@@H](CO)C(C)C)[C@H](C(=O)NC(C)(C)CC(C)(C)C)[C@]23CC[C@H]1O3. The summed E-state index contributed by atoms with van der Waals surface area (Å²) >= 11 is 0. The van der Waals surface area contributed by atoms with Crippen molar-refractivity contribution >= 4 is 17.8 Å². The number of carbonyl (C=O) groups excluding carboxylic acids is 3. The number of ether oxygens (including phenoxy) is 2. The normalized spacial score (nSPS) is 32.3. The lowest BCUT2D eigenvalue weighted by molar-refractivity contribution is -0.156. The quantitative estimate of drug-likeness (QED) is 0.532. The first-order chi connectivity index (χ1) is 15.2. The van der Waals surface area contributed by atoms with Crippen molar-refractivity contribution in [3.63, 3.8) is 0 Å². The highest BCUT2D eigenvalue weighted by Gasteiger charge is 2.75. The number of nitrogens with zero attached hydrogens (tertiary/aromatic N) is 1. The number of amides is 2. The van der Waals surface area contributed by atoms with Gasteiger partial charge in [-0.25, -0.2) is 0 Å². The summed E-state index contributed by atoms with van der Waals surface area (Å²) in [6.07, 6.45) is 1.44. The molecule has 2 bridgehead atoms. The Labute approximate surface area is 197 Å². The lowest BCUT2D eigenvalue weighted by Crippen LogP contribution is -2.61. The minimum Gasteiger partial charge on any atom is -0.466 e. The van der Waals surface area contributed by atoms with Crippen molar-refractivity contribution in [3.05, 3.63) is 0 Å². The van der Waals surface area contributed by atoms with Crippen LogP contribution in [0.1, 0.15) is 74.7 Å². The average molecular weight is 467 g/mol. The Morgan fingerprint density at radius 1 is 1.27 bits per heavy atom. The van der Waals surface area contributed by atoms with Gasteiger partial charge in [0.05, 0.1) is 37.2 Å². The van der Waals surface area contributed by atoms with E-state index in [4.69, 9.17) is 9.47 Å². The molecule has 8 nitrogen and oxygen atoms in total. The molecule has 0 aromatic rings. The van der Waals surface area contributed by atoms with Crippen LogP contribution in [0, 0.1) is 23.2 Å². The standard InChI is InChI=1S/C25H42N2O6/c1-9-32-22(31)17-16-10-11-25(33-16)18(17)21(30)27(15(12-28)14(2)3)19(25)20(29)26-24(7,8)13-23(4,5)6/h14-19,28H,9-13H2,1-8H3,(H,26,29)/t15-,16+,17-,18-,19+,25-/m0/s1. The number of hydrogen-bond donors (Lipinski definition) is 2. The van der Waals surface area contributed by atoms with Crippen LogP contribution in [0.3, 0.4) is 0 Å². The van der Waals surface area contributed by atoms with E-state index in [0.29, 0.717) is 12.8 Å². The fourth-order valence-electron chi connectivity index (χ4n) is 6.65. The van der Waals surface area contributed by atoms with Gasteiger partial charge in [-0.05, 0) is 51.4 Å². The second-order valence-corrected chi connectivity index (χ2v) is 12.2. The van der Waals surface area contributed by atoms with Crippen LogP contribution in [0.15, 0.2) is 0 Å². The fourth-order valence-corrected chi connectivity index (χ4v) is 6.65. The van der Waals surface area contributed by atoms with Crippen molar-refractivity contribution in [1.82, 2.24) is 10.2 Å². The van der Waals surface area contributed by atoms with Crippen LogP contribution in [0.4, 0.5) is 0 Å². The van der Waals surface area contributed by atoms with Crippen molar-refractivity contribution in [1.29, 1.82) is 0 Å². The summed E-state index contributed by atoms with van der Waals surface area (Å²) in [5.74, 6) is -2.60. The lowest BCUT2D eigenvalue weighted by Gasteiger charge is -2.41. The summed E-state index contributed by atoms with van der Waals surface area (Å²) in [5.41, 5.74) is -1.60. The van der Waals surface area contributed by atoms with Crippen LogP contribution in [0.2, 0.25) is 0 Å². The molecule has 0 aliphatic carbocycles. The van der Waals surface area contributed by atoms with Gasteiger partial charge in [-0.15, -0.1) is 0 Å². The Morgan fingerprint density at radius 2 is 1.91 bits per heavy atom. The zero-order chi connectivity index (χ0) is 24.9. The van der Waals surface area contributed by atoms with Crippen LogP contribution < -0.4 is 5.32 Å². The Balaban J connectivity index is 2.03. The second kappa shape index (κ2) is 8.84. The summed E-state index contributed by atoms with van der Waals surface area (Å²) < 4.78 is 11.7. The maximum Gasteiger partial charge on any atom is 0.312 e. The van der Waals surface area contributed by atoms with Crippen molar-refractivity contribution in [2.45, 2.75) is 104 Å². The average Bonchev–Trinajstić information content (AvgIpc) is 3.27. The number of likely N-dealkylation sites (tertiary alicyclic amines) is 1. The van der Waals surface area contributed by atoms with E-state index in [0.717, 1.165) is 6.42 Å². The third-order valence-corrected chi connectivity index (χ3v) is 7.29. The predicted octanol–water partition coefficient (Wildman–Crippen LogP) is 2.27. The number of esters is 1. The Hall–Kier alpha value is -1.67. The number of carbonyl (C=O) groups is 3. The van der Waals surface area contributed by atoms with E-state index in [1.807, 2.05) is 27.7 Å². The highest BCUT2D eigenvalue weighted by molar-refractivity contribution is 5.98. The zero-order valence-electron chi connectivity index (χ0n) is 21.4. The maximum absolute atomic E-state index is 13.9. The smallest absolute Gasteiger partial charge is 0.312 e. The molecule has 0 aromatic carbocycles. The van der Waals surface area contributed by atoms with E-state index >= 15 is 0 Å². The molecule has 2 amide bonds. The molecule has 3 saturated heterocycles. The van der Waals surface area contributed by atoms with Crippen molar-refractivity contribution in [3.8, 4) is 0 Å². The van der Waals surface area contributed by atoms with E-state index in [1.54, 1.807) is 6.92 Å². The van der Waals surface area contributed by atoms with Gasteiger partial charge in [0.15, 0.2) is 0 Å². The van der Waals surface area contributed by atoms with Gasteiger partial charge in [0.25, 0.3) is 0 Å². The van der Waals surface area contributed by atoms with Crippen LogP contribution in [-0.2, 0) is 23.9 Å². The highest BCUT2D eigenvalue weighted by Crippen LogP contribution is 2.59. The monoisotopic (exact) mass is 466 g/mol. The number of hydrogen-bond acceptors (Lipinski definition) is 6. The number of nitrogens with one attached hydrogen (secondary N) is 1. The minimum absolute atomic E-state index is 0.00827. The maximum atomic E-state index is 13.9. The summed E-state index contributed by atoms with van der Waals surface area (Å²) in [6, 6.07) is -1.46. The molecule has 188 valence electrons. The van der Waals surface area contributed by atoms with Crippen LogP contribution in [0.25, 0.3) is 0 Å². The molecule has 3 fully saturated rings. The number of fused-ring (bicyclic) bond motifs is 1. The minimum atomic E-state index is -1.08. The molecule has 2 N–H and O–H groups in total. The largest absolute Gasteiger partial charge is 0.466 e. The Kier molecular flexibility index (Phi) is 6.95. The van der Waals surface area contributed by atoms with Gasteiger partial charge < -0.3 is 24.8 Å². The lowest BCUT2D eigenvalue weighted by atomic mass is 9.70. The van der Waals surface area contributed by atoms with Crippen LogP contribution in [-0.4, -0.2) is 70.3 Å². The summed E-state index contributed by atoms with van der Waals surface area (Å²) in [4.78, 5) is 42.1. The Morgan fingerprint density at radius 3 is 2.42 bits per heavy atom. The van der Waals surface area contributed by atoms with Gasteiger partial charge >= 0.3 is 5.97 Å². The molecule has 0 radical (unpaired) electrons. The molecule has 3 rings (SSSR count). The van der Waals surface area contributed by atoms with E-state index in [-0.39, 0.29) is 36.4 Å². The van der Waals surface area contributed by atoms with Gasteiger partial charge in [0.1, 0.15) is 11.6 Å². The van der Waals surface area contributed by atoms with Crippen molar-refractivity contribution < 1.29 is 29.0 Å².